The Bertz CT molecular complexity index is 1080. The molecule has 5 aliphatic rings. The molecule has 5 aliphatic carbocycles. The van der Waals surface area contributed by atoms with Gasteiger partial charge in [0.25, 0.3) is 10.1 Å². The molecule has 34 heavy (non-hydrogen) atoms. The molecule has 5 rings (SSSR count). The monoisotopic (exact) mass is 492 g/mol. The Labute approximate surface area is 202 Å². The molecular weight excluding hydrogens is 456 g/mol. The lowest BCUT2D eigenvalue weighted by molar-refractivity contribution is -0.175. The SMILES string of the molecule is COC(=O)[C@@H]1CC2=CC(=O)CCC2(C)C2C1C1CC[C@@]3(CCC(=O)C3)C1(C)C[C@H]2OS(C)(=O)=O. The van der Waals surface area contributed by atoms with Crippen molar-refractivity contribution in [1.82, 2.24) is 0 Å². The smallest absolute Gasteiger partial charge is 0.309 e. The molecule has 0 radical (unpaired) electrons. The van der Waals surface area contributed by atoms with Crippen LogP contribution in [0.5, 0.6) is 0 Å². The quantitative estimate of drug-likeness (QED) is 0.438. The molecular formula is C26H36O7S. The summed E-state index contributed by atoms with van der Waals surface area (Å²) in [6.07, 6.45) is 7.97. The van der Waals surface area contributed by atoms with Crippen LogP contribution in [0.4, 0.5) is 0 Å². The lowest BCUT2D eigenvalue weighted by Crippen LogP contribution is -2.62. The van der Waals surface area contributed by atoms with Crippen LogP contribution in [-0.2, 0) is 33.4 Å². The van der Waals surface area contributed by atoms with Crippen molar-refractivity contribution in [2.45, 2.75) is 77.7 Å². The van der Waals surface area contributed by atoms with Crippen molar-refractivity contribution in [3.63, 3.8) is 0 Å². The second kappa shape index (κ2) is 7.73. The average Bonchev–Trinajstić information content (AvgIpc) is 3.26. The van der Waals surface area contributed by atoms with E-state index in [1.165, 1.54) is 7.11 Å². The van der Waals surface area contributed by atoms with Crippen LogP contribution in [-0.4, -0.2) is 45.4 Å². The Hall–Kier alpha value is -1.54. The molecule has 8 atom stereocenters. The highest BCUT2D eigenvalue weighted by molar-refractivity contribution is 7.86. The van der Waals surface area contributed by atoms with Gasteiger partial charge in [0.15, 0.2) is 5.78 Å². The summed E-state index contributed by atoms with van der Waals surface area (Å²) in [5.74, 6) is -0.596. The second-order valence-electron chi connectivity index (χ2n) is 12.1. The number of ether oxygens (including phenoxy) is 1. The lowest BCUT2D eigenvalue weighted by Gasteiger charge is -2.63. The summed E-state index contributed by atoms with van der Waals surface area (Å²) in [7, 11) is -2.37. The largest absolute Gasteiger partial charge is 0.469 e. The Morgan fingerprint density at radius 2 is 1.85 bits per heavy atom. The van der Waals surface area contributed by atoms with E-state index >= 15 is 0 Å². The Kier molecular flexibility index (Phi) is 5.49. The first-order valence-corrected chi connectivity index (χ1v) is 14.4. The number of esters is 1. The molecule has 4 fully saturated rings. The molecule has 5 unspecified atom stereocenters. The summed E-state index contributed by atoms with van der Waals surface area (Å²) >= 11 is 0. The van der Waals surface area contributed by atoms with Crippen LogP contribution >= 0.6 is 0 Å². The number of hydrogen-bond donors (Lipinski definition) is 0. The minimum absolute atomic E-state index is 0.0556. The van der Waals surface area contributed by atoms with Crippen LogP contribution in [0, 0.1) is 39.9 Å². The number of allylic oxidation sites excluding steroid dienone is 1. The molecule has 0 aliphatic heterocycles. The van der Waals surface area contributed by atoms with Crippen molar-refractivity contribution in [3.8, 4) is 0 Å². The van der Waals surface area contributed by atoms with E-state index in [4.69, 9.17) is 8.92 Å². The predicted octanol–water partition coefficient (Wildman–Crippen LogP) is 3.61. The first kappa shape index (κ1) is 24.2. The van der Waals surface area contributed by atoms with Crippen molar-refractivity contribution in [2.75, 3.05) is 13.4 Å². The van der Waals surface area contributed by atoms with Gasteiger partial charge in [0.1, 0.15) is 5.78 Å². The third-order valence-electron chi connectivity index (χ3n) is 10.7. The summed E-state index contributed by atoms with van der Waals surface area (Å²) in [4.78, 5) is 38.0. The van der Waals surface area contributed by atoms with Gasteiger partial charge in [0, 0.05) is 19.3 Å². The van der Waals surface area contributed by atoms with Gasteiger partial charge < -0.3 is 4.74 Å². The van der Waals surface area contributed by atoms with E-state index in [1.54, 1.807) is 6.08 Å². The summed E-state index contributed by atoms with van der Waals surface area (Å²) in [6.45, 7) is 4.34. The fraction of sp³-hybridized carbons (Fsp3) is 0.808. The fourth-order valence-corrected chi connectivity index (χ4v) is 9.82. The number of methoxy groups -OCH3 is 1. The van der Waals surface area contributed by atoms with E-state index < -0.39 is 27.6 Å². The van der Waals surface area contributed by atoms with E-state index in [9.17, 15) is 22.8 Å². The standard InChI is InChI=1S/C26H36O7S/c1-24-8-5-16(27)11-15(24)12-18(23(29)32-3)21-19-7-10-26(9-6-17(28)13-26)25(19,2)14-20(22(21)24)33-34(4,30)31/h11,18-22H,5-10,12-14H2,1-4H3/t18-,19?,20-,21?,22?,24?,25?,26-/m1/s1. The van der Waals surface area contributed by atoms with Crippen molar-refractivity contribution in [2.24, 2.45) is 39.9 Å². The maximum Gasteiger partial charge on any atom is 0.309 e. The van der Waals surface area contributed by atoms with Crippen molar-refractivity contribution >= 4 is 27.7 Å². The molecule has 4 saturated carbocycles. The van der Waals surface area contributed by atoms with Crippen molar-refractivity contribution in [1.29, 1.82) is 0 Å². The minimum atomic E-state index is -3.76. The number of ketones is 2. The minimum Gasteiger partial charge on any atom is -0.469 e. The van der Waals surface area contributed by atoms with Gasteiger partial charge in [-0.05, 0) is 78.6 Å². The molecule has 0 aromatic rings. The molecule has 0 N–H and O–H groups in total. The molecule has 1 spiro atoms. The van der Waals surface area contributed by atoms with Gasteiger partial charge in [-0.1, -0.05) is 19.4 Å². The summed E-state index contributed by atoms with van der Waals surface area (Å²) in [6, 6.07) is 0. The van der Waals surface area contributed by atoms with Gasteiger partial charge in [0.05, 0.1) is 25.4 Å². The molecule has 188 valence electrons. The number of fused-ring (bicyclic) bond motifs is 6. The third kappa shape index (κ3) is 3.38. The highest BCUT2D eigenvalue weighted by Gasteiger charge is 2.70. The molecule has 0 saturated heterocycles. The van der Waals surface area contributed by atoms with Crippen LogP contribution < -0.4 is 0 Å². The molecule has 0 bridgehead atoms. The van der Waals surface area contributed by atoms with Gasteiger partial charge >= 0.3 is 5.97 Å². The second-order valence-corrected chi connectivity index (χ2v) is 13.7. The van der Waals surface area contributed by atoms with Crippen molar-refractivity contribution < 1.29 is 31.7 Å². The van der Waals surface area contributed by atoms with Crippen LogP contribution in [0.1, 0.15) is 71.6 Å². The van der Waals surface area contributed by atoms with Gasteiger partial charge in [0.2, 0.25) is 0 Å². The number of carbonyl (C=O) groups excluding carboxylic acids is 3. The average molecular weight is 493 g/mol. The molecule has 0 aromatic heterocycles. The maximum absolute atomic E-state index is 13.2. The van der Waals surface area contributed by atoms with Crippen molar-refractivity contribution in [3.05, 3.63) is 11.6 Å². The summed E-state index contributed by atoms with van der Waals surface area (Å²) < 4.78 is 36.1. The van der Waals surface area contributed by atoms with Crippen LogP contribution in [0.25, 0.3) is 0 Å². The van der Waals surface area contributed by atoms with Gasteiger partial charge in [-0.3, -0.25) is 18.6 Å². The Balaban J connectivity index is 1.68. The number of hydrogen-bond acceptors (Lipinski definition) is 7. The van der Waals surface area contributed by atoms with Crippen LogP contribution in [0.15, 0.2) is 11.6 Å². The van der Waals surface area contributed by atoms with E-state index in [0.717, 1.165) is 31.1 Å². The van der Waals surface area contributed by atoms with E-state index in [0.29, 0.717) is 38.5 Å². The molecule has 0 aromatic carbocycles. The highest BCUT2D eigenvalue weighted by Crippen LogP contribution is 2.73. The van der Waals surface area contributed by atoms with E-state index in [-0.39, 0.29) is 46.1 Å². The topological polar surface area (TPSA) is 104 Å². The third-order valence-corrected chi connectivity index (χ3v) is 11.3. The number of carbonyl (C=O) groups is 3. The van der Waals surface area contributed by atoms with Gasteiger partial charge in [-0.25, -0.2) is 0 Å². The molecule has 7 nitrogen and oxygen atoms in total. The molecule has 0 amide bonds. The fourth-order valence-electron chi connectivity index (χ4n) is 9.19. The summed E-state index contributed by atoms with van der Waals surface area (Å²) in [5.41, 5.74) is 0.0410. The zero-order valence-electron chi connectivity index (χ0n) is 20.6. The first-order valence-electron chi connectivity index (χ1n) is 12.6. The number of Topliss-reactive ketones (excluding diaryl/α,β-unsaturated/α-hetero) is 1. The Morgan fingerprint density at radius 1 is 1.12 bits per heavy atom. The highest BCUT2D eigenvalue weighted by atomic mass is 32.2. The normalized spacial score (nSPS) is 46.0. The molecule has 8 heteroatoms. The zero-order valence-corrected chi connectivity index (χ0v) is 21.4. The van der Waals surface area contributed by atoms with Gasteiger partial charge in [-0.2, -0.15) is 8.42 Å². The molecule has 0 heterocycles. The summed E-state index contributed by atoms with van der Waals surface area (Å²) in [5, 5.41) is 0. The van der Waals surface area contributed by atoms with E-state index in [1.807, 2.05) is 0 Å². The maximum atomic E-state index is 13.2. The van der Waals surface area contributed by atoms with Crippen LogP contribution in [0.2, 0.25) is 0 Å². The first-order chi connectivity index (χ1) is 15.8. The zero-order chi connectivity index (χ0) is 24.7. The van der Waals surface area contributed by atoms with E-state index in [2.05, 4.69) is 13.8 Å². The van der Waals surface area contributed by atoms with Crippen LogP contribution in [0.3, 0.4) is 0 Å². The number of rotatable bonds is 3. The lowest BCUT2D eigenvalue weighted by atomic mass is 9.42. The predicted molar refractivity (Wildman–Crippen MR) is 124 cm³/mol. The van der Waals surface area contributed by atoms with Gasteiger partial charge in [-0.15, -0.1) is 0 Å². The Morgan fingerprint density at radius 3 is 2.47 bits per heavy atom.